The van der Waals surface area contributed by atoms with Gasteiger partial charge in [-0.25, -0.2) is 4.98 Å². The number of benzene rings is 1. The quantitative estimate of drug-likeness (QED) is 0.894. The second-order valence-corrected chi connectivity index (χ2v) is 5.06. The molecule has 1 aliphatic rings. The summed E-state index contributed by atoms with van der Waals surface area (Å²) in [6.07, 6.45) is 9.49. The summed E-state index contributed by atoms with van der Waals surface area (Å²) in [5.74, 6) is 0.789. The Hall–Kier alpha value is -1.61. The molecule has 94 valence electrons. The first-order valence-corrected chi connectivity index (χ1v) is 6.70. The highest BCUT2D eigenvalue weighted by Gasteiger charge is 2.13. The van der Waals surface area contributed by atoms with Crippen molar-refractivity contribution in [2.75, 3.05) is 13.1 Å². The molecular weight excluding hydrogens is 222 g/mol. The topological polar surface area (TPSA) is 29.9 Å². The van der Waals surface area contributed by atoms with Gasteiger partial charge in [0, 0.05) is 18.1 Å². The van der Waals surface area contributed by atoms with E-state index in [9.17, 15) is 0 Å². The number of rotatable bonds is 3. The van der Waals surface area contributed by atoms with E-state index in [1.54, 1.807) is 0 Å². The van der Waals surface area contributed by atoms with Crippen molar-refractivity contribution in [3.63, 3.8) is 0 Å². The molecule has 0 amide bonds. The summed E-state index contributed by atoms with van der Waals surface area (Å²) in [6.45, 7) is 2.35. The molecule has 3 nitrogen and oxygen atoms in total. The number of nitrogens with one attached hydrogen (secondary N) is 1. The van der Waals surface area contributed by atoms with Gasteiger partial charge in [0.25, 0.3) is 0 Å². The van der Waals surface area contributed by atoms with E-state index in [-0.39, 0.29) is 0 Å². The fourth-order valence-corrected chi connectivity index (χ4v) is 2.69. The molecule has 3 rings (SSSR count). The Morgan fingerprint density at radius 1 is 1.39 bits per heavy atom. The SMILES string of the molecule is c1cc(CC2CCCNC2)cc(-n2ccnc2)c1. The maximum absolute atomic E-state index is 4.10. The van der Waals surface area contributed by atoms with Crippen LogP contribution in [-0.2, 0) is 6.42 Å². The van der Waals surface area contributed by atoms with Crippen molar-refractivity contribution in [3.8, 4) is 5.69 Å². The van der Waals surface area contributed by atoms with Crippen molar-refractivity contribution in [1.82, 2.24) is 14.9 Å². The molecular formula is C15H19N3. The van der Waals surface area contributed by atoms with Gasteiger partial charge in [0.1, 0.15) is 0 Å². The average Bonchev–Trinajstić information content (AvgIpc) is 2.94. The summed E-state index contributed by atoms with van der Waals surface area (Å²) in [4.78, 5) is 4.10. The van der Waals surface area contributed by atoms with Gasteiger partial charge in [-0.3, -0.25) is 0 Å². The molecule has 3 heteroatoms. The molecule has 1 unspecified atom stereocenters. The Balaban J connectivity index is 1.74. The molecule has 18 heavy (non-hydrogen) atoms. The molecule has 0 bridgehead atoms. The highest BCUT2D eigenvalue weighted by Crippen LogP contribution is 2.18. The van der Waals surface area contributed by atoms with E-state index in [0.29, 0.717) is 0 Å². The molecule has 1 N–H and O–H groups in total. The van der Waals surface area contributed by atoms with Gasteiger partial charge in [-0.2, -0.15) is 0 Å². The molecule has 0 spiro atoms. The lowest BCUT2D eigenvalue weighted by Crippen LogP contribution is -2.30. The van der Waals surface area contributed by atoms with Gasteiger partial charge in [-0.05, 0) is 56.0 Å². The summed E-state index contributed by atoms with van der Waals surface area (Å²) >= 11 is 0. The van der Waals surface area contributed by atoms with Gasteiger partial charge < -0.3 is 9.88 Å². The molecule has 2 heterocycles. The van der Waals surface area contributed by atoms with Crippen molar-refractivity contribution in [2.45, 2.75) is 19.3 Å². The second kappa shape index (κ2) is 5.36. The normalized spacial score (nSPS) is 19.9. The van der Waals surface area contributed by atoms with Gasteiger partial charge in [-0.1, -0.05) is 12.1 Å². The Labute approximate surface area is 108 Å². The smallest absolute Gasteiger partial charge is 0.0991 e. The summed E-state index contributed by atoms with van der Waals surface area (Å²) < 4.78 is 2.06. The van der Waals surface area contributed by atoms with Crippen LogP contribution in [0.1, 0.15) is 18.4 Å². The van der Waals surface area contributed by atoms with Crippen LogP contribution in [0.2, 0.25) is 0 Å². The Bertz CT molecular complexity index is 484. The van der Waals surface area contributed by atoms with Crippen LogP contribution in [0.3, 0.4) is 0 Å². The summed E-state index contributed by atoms with van der Waals surface area (Å²) in [5, 5.41) is 3.48. The van der Waals surface area contributed by atoms with Gasteiger partial charge in [0.05, 0.1) is 6.33 Å². The molecule has 2 aromatic rings. The van der Waals surface area contributed by atoms with E-state index >= 15 is 0 Å². The van der Waals surface area contributed by atoms with Crippen molar-refractivity contribution >= 4 is 0 Å². The summed E-state index contributed by atoms with van der Waals surface area (Å²) in [6, 6.07) is 8.77. The van der Waals surface area contributed by atoms with Crippen molar-refractivity contribution in [2.24, 2.45) is 5.92 Å². The zero-order valence-corrected chi connectivity index (χ0v) is 10.5. The highest BCUT2D eigenvalue weighted by atomic mass is 15.0. The van der Waals surface area contributed by atoms with Gasteiger partial charge in [0.15, 0.2) is 0 Å². The fourth-order valence-electron chi connectivity index (χ4n) is 2.69. The maximum Gasteiger partial charge on any atom is 0.0991 e. The van der Waals surface area contributed by atoms with Crippen molar-refractivity contribution in [1.29, 1.82) is 0 Å². The zero-order valence-electron chi connectivity index (χ0n) is 10.5. The van der Waals surface area contributed by atoms with E-state index in [2.05, 4.69) is 39.1 Å². The molecule has 0 saturated carbocycles. The van der Waals surface area contributed by atoms with Crippen LogP contribution >= 0.6 is 0 Å². The number of imidazole rings is 1. The number of nitrogens with zero attached hydrogens (tertiary/aromatic N) is 2. The summed E-state index contributed by atoms with van der Waals surface area (Å²) in [7, 11) is 0. The first-order chi connectivity index (χ1) is 8.92. The lowest BCUT2D eigenvalue weighted by molar-refractivity contribution is 0.376. The molecule has 1 aliphatic heterocycles. The predicted octanol–water partition coefficient (Wildman–Crippen LogP) is 2.41. The number of aromatic nitrogens is 2. The van der Waals surface area contributed by atoms with Crippen LogP contribution < -0.4 is 5.32 Å². The molecule has 0 radical (unpaired) electrons. The molecule has 1 saturated heterocycles. The minimum absolute atomic E-state index is 0.789. The number of hydrogen-bond donors (Lipinski definition) is 1. The molecule has 1 atom stereocenters. The minimum Gasteiger partial charge on any atom is -0.316 e. The Kier molecular flexibility index (Phi) is 3.42. The van der Waals surface area contributed by atoms with Crippen molar-refractivity contribution in [3.05, 3.63) is 48.5 Å². The maximum atomic E-state index is 4.10. The largest absolute Gasteiger partial charge is 0.316 e. The Morgan fingerprint density at radius 3 is 3.17 bits per heavy atom. The summed E-state index contributed by atoms with van der Waals surface area (Å²) in [5.41, 5.74) is 2.63. The van der Waals surface area contributed by atoms with E-state index < -0.39 is 0 Å². The third-order valence-corrected chi connectivity index (χ3v) is 3.64. The lowest BCUT2D eigenvalue weighted by Gasteiger charge is -2.22. The number of piperidine rings is 1. The lowest BCUT2D eigenvalue weighted by atomic mass is 9.92. The van der Waals surface area contributed by atoms with Crippen LogP contribution in [-0.4, -0.2) is 22.6 Å². The Morgan fingerprint density at radius 2 is 2.39 bits per heavy atom. The zero-order chi connectivity index (χ0) is 12.2. The minimum atomic E-state index is 0.789. The van der Waals surface area contributed by atoms with Gasteiger partial charge in [-0.15, -0.1) is 0 Å². The highest BCUT2D eigenvalue weighted by molar-refractivity contribution is 5.36. The third kappa shape index (κ3) is 2.62. The van der Waals surface area contributed by atoms with E-state index in [0.717, 1.165) is 12.5 Å². The first-order valence-electron chi connectivity index (χ1n) is 6.70. The first kappa shape index (κ1) is 11.5. The molecule has 1 aromatic carbocycles. The van der Waals surface area contributed by atoms with Crippen LogP contribution in [0.5, 0.6) is 0 Å². The molecule has 1 aromatic heterocycles. The second-order valence-electron chi connectivity index (χ2n) is 5.06. The van der Waals surface area contributed by atoms with E-state index in [1.807, 2.05) is 18.7 Å². The van der Waals surface area contributed by atoms with Crippen molar-refractivity contribution < 1.29 is 0 Å². The average molecular weight is 241 g/mol. The van der Waals surface area contributed by atoms with E-state index in [4.69, 9.17) is 0 Å². The molecule has 1 fully saturated rings. The van der Waals surface area contributed by atoms with Crippen LogP contribution in [0.4, 0.5) is 0 Å². The van der Waals surface area contributed by atoms with Crippen LogP contribution in [0.15, 0.2) is 43.0 Å². The van der Waals surface area contributed by atoms with E-state index in [1.165, 1.54) is 37.1 Å². The van der Waals surface area contributed by atoms with Crippen LogP contribution in [0, 0.1) is 5.92 Å². The van der Waals surface area contributed by atoms with Crippen LogP contribution in [0.25, 0.3) is 5.69 Å². The van der Waals surface area contributed by atoms with Gasteiger partial charge >= 0.3 is 0 Å². The fraction of sp³-hybridized carbons (Fsp3) is 0.400. The molecule has 0 aliphatic carbocycles. The predicted molar refractivity (Wildman–Crippen MR) is 72.9 cm³/mol. The third-order valence-electron chi connectivity index (χ3n) is 3.64. The number of hydrogen-bond acceptors (Lipinski definition) is 2. The monoisotopic (exact) mass is 241 g/mol. The standard InChI is InChI=1S/C15H19N3/c1-3-13(9-14-4-2-6-16-11-14)10-15(5-1)18-8-7-17-12-18/h1,3,5,7-8,10,12,14,16H,2,4,6,9,11H2. The van der Waals surface area contributed by atoms with Gasteiger partial charge in [0.2, 0.25) is 0 Å².